The minimum atomic E-state index is -0.243. The predicted molar refractivity (Wildman–Crippen MR) is 134 cm³/mol. The van der Waals surface area contributed by atoms with Crippen molar-refractivity contribution in [3.63, 3.8) is 0 Å². The van der Waals surface area contributed by atoms with Crippen LogP contribution in [0.3, 0.4) is 0 Å². The van der Waals surface area contributed by atoms with Crippen LogP contribution in [0.1, 0.15) is 67.2 Å². The number of carbonyl (C=O) groups is 2. The number of hydrogen-bond donors (Lipinski definition) is 2. The average molecular weight is 448 g/mol. The van der Waals surface area contributed by atoms with Crippen LogP contribution in [0.15, 0.2) is 36.4 Å². The van der Waals surface area contributed by atoms with Crippen LogP contribution in [0.5, 0.6) is 0 Å². The van der Waals surface area contributed by atoms with Gasteiger partial charge in [-0.3, -0.25) is 9.59 Å². The van der Waals surface area contributed by atoms with E-state index in [4.69, 9.17) is 0 Å². The first-order chi connectivity index (χ1) is 15.8. The summed E-state index contributed by atoms with van der Waals surface area (Å²) in [5, 5.41) is 6.58. The minimum absolute atomic E-state index is 0.0399. The standard InChI is InChI=1S/C28H37N3O2/c1-18-5-8-22(9-6-18)23-10-12-26(20(3)14-23)30-25-11-7-21(13-19(25)2)16-29-28(33)24-15-27(32)31(4)17-24/h7,10-14,18,22,24,30H,5-6,8-9,15-17H2,1-4H3,(H,29,33). The second-order valence-corrected chi connectivity index (χ2v) is 10.2. The van der Waals surface area contributed by atoms with Crippen molar-refractivity contribution < 1.29 is 9.59 Å². The van der Waals surface area contributed by atoms with Crippen molar-refractivity contribution in [2.75, 3.05) is 18.9 Å². The summed E-state index contributed by atoms with van der Waals surface area (Å²) in [4.78, 5) is 25.7. The van der Waals surface area contributed by atoms with Crippen LogP contribution in [0, 0.1) is 25.7 Å². The summed E-state index contributed by atoms with van der Waals surface area (Å²) < 4.78 is 0. The highest BCUT2D eigenvalue weighted by molar-refractivity contribution is 5.89. The average Bonchev–Trinajstić information content (AvgIpc) is 3.14. The second-order valence-electron chi connectivity index (χ2n) is 10.2. The van der Waals surface area contributed by atoms with Gasteiger partial charge in [0.25, 0.3) is 0 Å². The molecule has 0 spiro atoms. The molecule has 2 fully saturated rings. The molecular formula is C28H37N3O2. The molecule has 2 amide bonds. The molecule has 1 heterocycles. The number of benzene rings is 2. The summed E-state index contributed by atoms with van der Waals surface area (Å²) in [6, 6.07) is 13.1. The van der Waals surface area contributed by atoms with Gasteiger partial charge in [-0.1, -0.05) is 44.0 Å². The quantitative estimate of drug-likeness (QED) is 0.620. The molecule has 2 aliphatic rings. The number of hydrogen-bond acceptors (Lipinski definition) is 3. The van der Waals surface area contributed by atoms with E-state index < -0.39 is 0 Å². The third-order valence-corrected chi connectivity index (χ3v) is 7.48. The van der Waals surface area contributed by atoms with Crippen LogP contribution in [-0.4, -0.2) is 30.3 Å². The summed E-state index contributed by atoms with van der Waals surface area (Å²) in [7, 11) is 1.75. The Labute approximate surface area is 197 Å². The van der Waals surface area contributed by atoms with Gasteiger partial charge in [-0.2, -0.15) is 0 Å². The van der Waals surface area contributed by atoms with Crippen LogP contribution in [0.2, 0.25) is 0 Å². The molecule has 1 atom stereocenters. The molecular weight excluding hydrogens is 410 g/mol. The number of rotatable bonds is 6. The third-order valence-electron chi connectivity index (χ3n) is 7.48. The van der Waals surface area contributed by atoms with E-state index in [-0.39, 0.29) is 17.7 Å². The summed E-state index contributed by atoms with van der Waals surface area (Å²) in [5.41, 5.74) is 7.17. The van der Waals surface area contributed by atoms with Gasteiger partial charge in [-0.05, 0) is 72.9 Å². The molecule has 1 aliphatic carbocycles. The fourth-order valence-corrected chi connectivity index (χ4v) is 5.17. The molecule has 4 rings (SSSR count). The molecule has 2 aromatic rings. The monoisotopic (exact) mass is 447 g/mol. The van der Waals surface area contributed by atoms with Crippen LogP contribution >= 0.6 is 0 Å². The first kappa shape index (κ1) is 23.3. The van der Waals surface area contributed by atoms with E-state index in [0.717, 1.165) is 28.4 Å². The maximum absolute atomic E-state index is 12.4. The van der Waals surface area contributed by atoms with Gasteiger partial charge < -0.3 is 15.5 Å². The van der Waals surface area contributed by atoms with Crippen molar-refractivity contribution in [2.24, 2.45) is 11.8 Å². The number of anilines is 2. The lowest BCUT2D eigenvalue weighted by molar-refractivity contribution is -0.128. The summed E-state index contributed by atoms with van der Waals surface area (Å²) in [6.07, 6.45) is 5.59. The molecule has 1 unspecified atom stereocenters. The van der Waals surface area contributed by atoms with E-state index in [9.17, 15) is 9.59 Å². The predicted octanol–water partition coefficient (Wildman–Crippen LogP) is 5.44. The summed E-state index contributed by atoms with van der Waals surface area (Å²) in [5.74, 6) is 1.32. The van der Waals surface area contributed by atoms with Crippen molar-refractivity contribution in [3.05, 3.63) is 58.7 Å². The largest absolute Gasteiger partial charge is 0.355 e. The van der Waals surface area contributed by atoms with Gasteiger partial charge in [0.2, 0.25) is 11.8 Å². The smallest absolute Gasteiger partial charge is 0.225 e. The number of likely N-dealkylation sites (tertiary alicyclic amines) is 1. The molecule has 5 nitrogen and oxygen atoms in total. The number of nitrogens with one attached hydrogen (secondary N) is 2. The summed E-state index contributed by atoms with van der Waals surface area (Å²) >= 11 is 0. The van der Waals surface area contributed by atoms with Gasteiger partial charge in [-0.25, -0.2) is 0 Å². The van der Waals surface area contributed by atoms with Gasteiger partial charge in [-0.15, -0.1) is 0 Å². The van der Waals surface area contributed by atoms with E-state index in [1.54, 1.807) is 11.9 Å². The number of nitrogens with zero attached hydrogens (tertiary/aromatic N) is 1. The highest BCUT2D eigenvalue weighted by atomic mass is 16.2. The van der Waals surface area contributed by atoms with Crippen molar-refractivity contribution in [2.45, 2.75) is 65.3 Å². The van der Waals surface area contributed by atoms with Crippen LogP contribution in [-0.2, 0) is 16.1 Å². The Kier molecular flexibility index (Phi) is 7.06. The van der Waals surface area contributed by atoms with Gasteiger partial charge in [0.1, 0.15) is 0 Å². The van der Waals surface area contributed by atoms with E-state index in [2.05, 4.69) is 67.8 Å². The zero-order valence-corrected chi connectivity index (χ0v) is 20.4. The highest BCUT2D eigenvalue weighted by Crippen LogP contribution is 2.37. The molecule has 1 aliphatic heterocycles. The van der Waals surface area contributed by atoms with Gasteiger partial charge >= 0.3 is 0 Å². The van der Waals surface area contributed by atoms with E-state index >= 15 is 0 Å². The Morgan fingerprint density at radius 2 is 1.67 bits per heavy atom. The molecule has 1 saturated heterocycles. The Balaban J connectivity index is 1.35. The van der Waals surface area contributed by atoms with Crippen molar-refractivity contribution >= 4 is 23.2 Å². The number of aryl methyl sites for hydroxylation is 2. The topological polar surface area (TPSA) is 61.4 Å². The lowest BCUT2D eigenvalue weighted by Crippen LogP contribution is -2.31. The lowest BCUT2D eigenvalue weighted by atomic mass is 9.79. The molecule has 5 heteroatoms. The van der Waals surface area contributed by atoms with Gasteiger partial charge in [0.05, 0.1) is 5.92 Å². The van der Waals surface area contributed by atoms with Crippen LogP contribution < -0.4 is 10.6 Å². The molecule has 33 heavy (non-hydrogen) atoms. The highest BCUT2D eigenvalue weighted by Gasteiger charge is 2.31. The molecule has 176 valence electrons. The normalized spacial score (nSPS) is 23.0. The zero-order chi connectivity index (χ0) is 23.5. The zero-order valence-electron chi connectivity index (χ0n) is 20.4. The third kappa shape index (κ3) is 5.58. The molecule has 2 aromatic carbocycles. The first-order valence-corrected chi connectivity index (χ1v) is 12.3. The van der Waals surface area contributed by atoms with Crippen molar-refractivity contribution in [1.82, 2.24) is 10.2 Å². The van der Waals surface area contributed by atoms with Crippen LogP contribution in [0.25, 0.3) is 0 Å². The molecule has 0 aromatic heterocycles. The Morgan fingerprint density at radius 1 is 1.00 bits per heavy atom. The maximum atomic E-state index is 12.4. The lowest BCUT2D eigenvalue weighted by Gasteiger charge is -2.27. The maximum Gasteiger partial charge on any atom is 0.225 e. The first-order valence-electron chi connectivity index (χ1n) is 12.3. The SMILES string of the molecule is Cc1cc(CNC(=O)C2CC(=O)N(C)C2)ccc1Nc1ccc(C2CCC(C)CC2)cc1C. The Morgan fingerprint density at radius 3 is 2.27 bits per heavy atom. The second kappa shape index (κ2) is 9.98. The Hall–Kier alpha value is -2.82. The molecule has 0 radical (unpaired) electrons. The van der Waals surface area contributed by atoms with Gasteiger partial charge in [0.15, 0.2) is 0 Å². The van der Waals surface area contributed by atoms with Crippen molar-refractivity contribution in [1.29, 1.82) is 0 Å². The molecule has 0 bridgehead atoms. The van der Waals surface area contributed by atoms with Gasteiger partial charge in [0, 0.05) is 37.9 Å². The van der Waals surface area contributed by atoms with E-state index in [0.29, 0.717) is 25.4 Å². The fourth-order valence-electron chi connectivity index (χ4n) is 5.17. The van der Waals surface area contributed by atoms with E-state index in [1.165, 1.54) is 36.8 Å². The fraction of sp³-hybridized carbons (Fsp3) is 0.500. The Bertz CT molecular complexity index is 1020. The molecule has 1 saturated carbocycles. The molecule has 2 N–H and O–H groups in total. The van der Waals surface area contributed by atoms with Crippen molar-refractivity contribution in [3.8, 4) is 0 Å². The number of carbonyl (C=O) groups excluding carboxylic acids is 2. The summed E-state index contributed by atoms with van der Waals surface area (Å²) in [6.45, 7) is 7.62. The minimum Gasteiger partial charge on any atom is -0.355 e. The number of amides is 2. The van der Waals surface area contributed by atoms with E-state index in [1.807, 2.05) is 0 Å². The van der Waals surface area contributed by atoms with Crippen LogP contribution in [0.4, 0.5) is 11.4 Å².